The smallest absolute Gasteiger partial charge is 0.0431 e. The normalized spacial score (nSPS) is 10.2. The topological polar surface area (TPSA) is 80.9 Å². The summed E-state index contributed by atoms with van der Waals surface area (Å²) in [4.78, 5) is 0. The van der Waals surface area contributed by atoms with Crippen molar-refractivity contribution in [2.45, 2.75) is 77.0 Å². The Morgan fingerprint density at radius 2 is 0.400 bits per heavy atom. The molecule has 0 fully saturated rings. The molecule has 4 N–H and O–H groups in total. The van der Waals surface area contributed by atoms with E-state index in [0.29, 0.717) is 13.2 Å². The van der Waals surface area contributed by atoms with Gasteiger partial charge in [0.05, 0.1) is 0 Å². The summed E-state index contributed by atoms with van der Waals surface area (Å²) in [6, 6.07) is 0. The van der Waals surface area contributed by atoms with Crippen LogP contribution in [-0.4, -0.2) is 46.9 Å². The third kappa shape index (κ3) is 26.4. The van der Waals surface area contributed by atoms with Gasteiger partial charge in [0.15, 0.2) is 0 Å². The first-order chi connectivity index (χ1) is 9.83. The van der Waals surface area contributed by atoms with Crippen LogP contribution >= 0.6 is 0 Å². The Labute approximate surface area is 124 Å². The predicted octanol–water partition coefficient (Wildman–Crippen LogP) is 2.62. The fraction of sp³-hybridized carbons (Fsp3) is 1.00. The zero-order valence-electron chi connectivity index (χ0n) is 13.1. The number of aliphatic hydroxyl groups is 4. The lowest BCUT2D eigenvalue weighted by molar-refractivity contribution is 0.265. The Hall–Kier alpha value is -0.160. The minimum atomic E-state index is 0.283. The van der Waals surface area contributed by atoms with Crippen LogP contribution in [0.3, 0.4) is 0 Å². The second-order valence-electron chi connectivity index (χ2n) is 5.14. The number of aliphatic hydroxyl groups excluding tert-OH is 4. The molecule has 4 nitrogen and oxygen atoms in total. The molecule has 0 aromatic carbocycles. The summed E-state index contributed by atoms with van der Waals surface area (Å²) in [6.07, 6.45) is 13.1. The van der Waals surface area contributed by atoms with E-state index in [4.69, 9.17) is 20.4 Å². The highest BCUT2D eigenvalue weighted by Gasteiger charge is 1.90. The Kier molecular flexibility index (Phi) is 26.4. The average Bonchev–Trinajstić information content (AvgIpc) is 2.47. The highest BCUT2D eigenvalue weighted by atomic mass is 16.3. The molecule has 0 aliphatic rings. The molecule has 0 saturated heterocycles. The number of unbranched alkanes of at least 4 members (excludes halogenated alkanes) is 10. The van der Waals surface area contributed by atoms with Crippen LogP contribution in [0.15, 0.2) is 0 Å². The number of rotatable bonds is 14. The van der Waals surface area contributed by atoms with Crippen LogP contribution in [0.25, 0.3) is 0 Å². The minimum Gasteiger partial charge on any atom is -0.396 e. The summed E-state index contributed by atoms with van der Waals surface area (Å²) in [7, 11) is 0. The quantitative estimate of drug-likeness (QED) is 0.371. The fourth-order valence-corrected chi connectivity index (χ4v) is 1.86. The van der Waals surface area contributed by atoms with E-state index in [1.165, 1.54) is 25.7 Å². The van der Waals surface area contributed by atoms with Crippen LogP contribution in [0.4, 0.5) is 0 Å². The first-order valence-electron chi connectivity index (χ1n) is 8.26. The molecule has 0 heterocycles. The highest BCUT2D eigenvalue weighted by molar-refractivity contribution is 4.45. The average molecular weight is 292 g/mol. The summed E-state index contributed by atoms with van der Waals surface area (Å²) < 4.78 is 0. The van der Waals surface area contributed by atoms with Crippen molar-refractivity contribution in [1.82, 2.24) is 0 Å². The molecule has 0 aromatic rings. The van der Waals surface area contributed by atoms with Crippen LogP contribution in [0.5, 0.6) is 0 Å². The van der Waals surface area contributed by atoms with E-state index < -0.39 is 0 Å². The monoisotopic (exact) mass is 292 g/mol. The van der Waals surface area contributed by atoms with Gasteiger partial charge in [-0.25, -0.2) is 0 Å². The zero-order valence-corrected chi connectivity index (χ0v) is 13.1. The predicted molar refractivity (Wildman–Crippen MR) is 83.7 cm³/mol. The first kappa shape index (κ1) is 22.1. The van der Waals surface area contributed by atoms with Crippen LogP contribution in [-0.2, 0) is 0 Å². The Morgan fingerprint density at radius 1 is 0.250 bits per heavy atom. The lowest BCUT2D eigenvalue weighted by atomic mass is 10.1. The van der Waals surface area contributed by atoms with Crippen molar-refractivity contribution in [3.8, 4) is 0 Å². The standard InChI is InChI=1S/C10H22O2.C6H14O2/c11-9-7-5-3-1-2-4-6-8-10-12;7-5-3-1-2-4-6-8/h11-12H,1-10H2;7-8H,1-6H2. The van der Waals surface area contributed by atoms with E-state index in [0.717, 1.165) is 51.4 Å². The second kappa shape index (κ2) is 23.9. The second-order valence-corrected chi connectivity index (χ2v) is 5.14. The molecule has 0 rings (SSSR count). The van der Waals surface area contributed by atoms with Crippen molar-refractivity contribution in [2.75, 3.05) is 26.4 Å². The van der Waals surface area contributed by atoms with Crippen molar-refractivity contribution in [3.63, 3.8) is 0 Å². The molecule has 0 saturated carbocycles. The molecule has 0 atom stereocenters. The largest absolute Gasteiger partial charge is 0.396 e. The molecule has 124 valence electrons. The summed E-state index contributed by atoms with van der Waals surface area (Å²) in [6.45, 7) is 1.24. The maximum absolute atomic E-state index is 8.51. The van der Waals surface area contributed by atoms with Gasteiger partial charge >= 0.3 is 0 Å². The van der Waals surface area contributed by atoms with E-state index in [1.807, 2.05) is 0 Å². The summed E-state index contributed by atoms with van der Waals surface area (Å²) in [5, 5.41) is 33.6. The van der Waals surface area contributed by atoms with Gasteiger partial charge in [-0.1, -0.05) is 51.4 Å². The molecule has 0 aliphatic carbocycles. The molecule has 0 aliphatic heterocycles. The number of hydrogen-bond donors (Lipinski definition) is 4. The third-order valence-electron chi connectivity index (χ3n) is 3.13. The maximum atomic E-state index is 8.51. The lowest BCUT2D eigenvalue weighted by Crippen LogP contribution is -1.85. The molecule has 0 unspecified atom stereocenters. The third-order valence-corrected chi connectivity index (χ3v) is 3.13. The van der Waals surface area contributed by atoms with Gasteiger partial charge in [-0.3, -0.25) is 0 Å². The Balaban J connectivity index is 0. The van der Waals surface area contributed by atoms with Crippen molar-refractivity contribution in [1.29, 1.82) is 0 Å². The van der Waals surface area contributed by atoms with Gasteiger partial charge < -0.3 is 20.4 Å². The molecular weight excluding hydrogens is 256 g/mol. The molecule has 4 heteroatoms. The minimum absolute atomic E-state index is 0.283. The van der Waals surface area contributed by atoms with Gasteiger partial charge in [0.1, 0.15) is 0 Å². The lowest BCUT2D eigenvalue weighted by Gasteiger charge is -1.99. The van der Waals surface area contributed by atoms with Crippen molar-refractivity contribution >= 4 is 0 Å². The molecule has 0 radical (unpaired) electrons. The van der Waals surface area contributed by atoms with Gasteiger partial charge in [-0.05, 0) is 25.7 Å². The molecule has 0 aromatic heterocycles. The van der Waals surface area contributed by atoms with Gasteiger partial charge in [0.25, 0.3) is 0 Å². The van der Waals surface area contributed by atoms with E-state index in [2.05, 4.69) is 0 Å². The molecule has 0 spiro atoms. The van der Waals surface area contributed by atoms with Crippen LogP contribution in [0.2, 0.25) is 0 Å². The van der Waals surface area contributed by atoms with Gasteiger partial charge in [0, 0.05) is 26.4 Å². The van der Waals surface area contributed by atoms with Crippen molar-refractivity contribution in [3.05, 3.63) is 0 Å². The SMILES string of the molecule is OCCCCCCCCCCO.OCCCCCCO. The van der Waals surface area contributed by atoms with Crippen LogP contribution < -0.4 is 0 Å². The van der Waals surface area contributed by atoms with Gasteiger partial charge in [-0.2, -0.15) is 0 Å². The Bertz CT molecular complexity index is 126. The van der Waals surface area contributed by atoms with Crippen molar-refractivity contribution in [2.24, 2.45) is 0 Å². The maximum Gasteiger partial charge on any atom is 0.0431 e. The van der Waals surface area contributed by atoms with Gasteiger partial charge in [0.2, 0.25) is 0 Å². The van der Waals surface area contributed by atoms with E-state index in [9.17, 15) is 0 Å². The number of hydrogen-bond acceptors (Lipinski definition) is 4. The highest BCUT2D eigenvalue weighted by Crippen LogP contribution is 2.07. The van der Waals surface area contributed by atoms with Gasteiger partial charge in [-0.15, -0.1) is 0 Å². The molecular formula is C16H36O4. The Morgan fingerprint density at radius 3 is 0.550 bits per heavy atom. The molecule has 0 bridgehead atoms. The van der Waals surface area contributed by atoms with E-state index in [1.54, 1.807) is 0 Å². The summed E-state index contributed by atoms with van der Waals surface area (Å²) >= 11 is 0. The zero-order chi connectivity index (χ0) is 15.3. The molecule has 0 amide bonds. The fourth-order valence-electron chi connectivity index (χ4n) is 1.86. The van der Waals surface area contributed by atoms with E-state index in [-0.39, 0.29) is 13.2 Å². The summed E-state index contributed by atoms with van der Waals surface area (Å²) in [5.41, 5.74) is 0. The van der Waals surface area contributed by atoms with Crippen LogP contribution in [0.1, 0.15) is 77.0 Å². The molecule has 20 heavy (non-hydrogen) atoms. The van der Waals surface area contributed by atoms with E-state index >= 15 is 0 Å². The van der Waals surface area contributed by atoms with Crippen molar-refractivity contribution < 1.29 is 20.4 Å². The summed E-state index contributed by atoms with van der Waals surface area (Å²) in [5.74, 6) is 0. The first-order valence-corrected chi connectivity index (χ1v) is 8.26. The van der Waals surface area contributed by atoms with Crippen LogP contribution in [0, 0.1) is 0 Å².